The Morgan fingerprint density at radius 3 is 2.60 bits per heavy atom. The van der Waals surface area contributed by atoms with Gasteiger partial charge in [0, 0.05) is 6.42 Å². The summed E-state index contributed by atoms with van der Waals surface area (Å²) in [5.74, 6) is 0.202. The van der Waals surface area contributed by atoms with E-state index in [-0.39, 0.29) is 5.82 Å². The molecule has 0 amide bonds. The molecule has 2 aromatic rings. The van der Waals surface area contributed by atoms with Gasteiger partial charge < -0.3 is 4.74 Å². The highest BCUT2D eigenvalue weighted by atomic mass is 19.1. The van der Waals surface area contributed by atoms with Gasteiger partial charge in [0.05, 0.1) is 0 Å². The lowest BCUT2D eigenvalue weighted by atomic mass is 10.1. The van der Waals surface area contributed by atoms with Crippen LogP contribution in [0.1, 0.15) is 17.5 Å². The van der Waals surface area contributed by atoms with E-state index in [4.69, 9.17) is 10.00 Å². The highest BCUT2D eigenvalue weighted by molar-refractivity contribution is 5.24. The minimum atomic E-state index is -0.527. The van der Waals surface area contributed by atoms with Gasteiger partial charge >= 0.3 is 0 Å². The third-order valence-electron chi connectivity index (χ3n) is 3.01. The van der Waals surface area contributed by atoms with Crippen LogP contribution in [0.25, 0.3) is 0 Å². The molecule has 2 nitrogen and oxygen atoms in total. The Morgan fingerprint density at radius 2 is 1.95 bits per heavy atom. The minimum Gasteiger partial charge on any atom is -0.476 e. The van der Waals surface area contributed by atoms with Gasteiger partial charge in [-0.05, 0) is 43.2 Å². The first-order chi connectivity index (χ1) is 9.67. The number of hydrogen-bond donors (Lipinski definition) is 0. The molecule has 0 aliphatic rings. The van der Waals surface area contributed by atoms with Crippen molar-refractivity contribution in [3.63, 3.8) is 0 Å². The summed E-state index contributed by atoms with van der Waals surface area (Å²) in [6.07, 6.45) is 0.860. The van der Waals surface area contributed by atoms with Crippen LogP contribution < -0.4 is 4.74 Å². The quantitative estimate of drug-likeness (QED) is 0.820. The molecular weight excluding hydrogens is 253 g/mol. The van der Waals surface area contributed by atoms with Gasteiger partial charge in [-0.3, -0.25) is 0 Å². The minimum absolute atomic E-state index is 0.314. The molecule has 1 unspecified atom stereocenters. The lowest BCUT2D eigenvalue weighted by molar-refractivity contribution is 0.245. The highest BCUT2D eigenvalue weighted by Gasteiger charge is 2.09. The van der Waals surface area contributed by atoms with Gasteiger partial charge in [0.2, 0.25) is 0 Å². The first kappa shape index (κ1) is 14.1. The Kier molecular flexibility index (Phi) is 4.73. The van der Waals surface area contributed by atoms with E-state index >= 15 is 0 Å². The predicted octanol–water partition coefficient (Wildman–Crippen LogP) is 4.04. The smallest absolute Gasteiger partial charge is 0.184 e. The van der Waals surface area contributed by atoms with Crippen molar-refractivity contribution in [3.8, 4) is 11.8 Å². The van der Waals surface area contributed by atoms with Gasteiger partial charge in [-0.15, -0.1) is 0 Å². The largest absolute Gasteiger partial charge is 0.476 e. The molecule has 0 aliphatic carbocycles. The number of rotatable bonds is 5. The van der Waals surface area contributed by atoms with Crippen molar-refractivity contribution in [3.05, 3.63) is 65.5 Å². The fourth-order valence-corrected chi connectivity index (χ4v) is 1.99. The van der Waals surface area contributed by atoms with Crippen LogP contribution in [-0.2, 0) is 6.42 Å². The monoisotopic (exact) mass is 269 g/mol. The SMILES string of the molecule is Cc1cccc(CCC(C#N)Oc2ccc(F)cc2)c1. The molecule has 0 N–H and O–H groups in total. The van der Waals surface area contributed by atoms with E-state index in [1.165, 1.54) is 35.4 Å². The van der Waals surface area contributed by atoms with E-state index in [0.717, 1.165) is 6.42 Å². The normalized spacial score (nSPS) is 11.7. The fourth-order valence-electron chi connectivity index (χ4n) is 1.99. The molecular formula is C17H16FNO. The van der Waals surface area contributed by atoms with Crippen LogP contribution in [0.15, 0.2) is 48.5 Å². The molecule has 0 aliphatic heterocycles. The number of nitriles is 1. The number of aryl methyl sites for hydroxylation is 2. The average Bonchev–Trinajstić information content (AvgIpc) is 2.45. The van der Waals surface area contributed by atoms with Crippen LogP contribution in [0.3, 0.4) is 0 Å². The first-order valence-electron chi connectivity index (χ1n) is 6.55. The van der Waals surface area contributed by atoms with Crippen LogP contribution in [-0.4, -0.2) is 6.10 Å². The summed E-state index contributed by atoms with van der Waals surface area (Å²) in [5, 5.41) is 9.13. The summed E-state index contributed by atoms with van der Waals surface area (Å²) in [6, 6.07) is 16.0. The predicted molar refractivity (Wildman–Crippen MR) is 75.9 cm³/mol. The number of hydrogen-bond acceptors (Lipinski definition) is 2. The van der Waals surface area contributed by atoms with Crippen molar-refractivity contribution >= 4 is 0 Å². The van der Waals surface area contributed by atoms with E-state index < -0.39 is 6.10 Å². The third kappa shape index (κ3) is 4.10. The molecule has 102 valence electrons. The van der Waals surface area contributed by atoms with E-state index in [0.29, 0.717) is 12.2 Å². The van der Waals surface area contributed by atoms with Gasteiger partial charge in [0.15, 0.2) is 6.10 Å². The second kappa shape index (κ2) is 6.72. The summed E-state index contributed by atoms with van der Waals surface area (Å²) < 4.78 is 18.3. The Hall–Kier alpha value is -2.34. The van der Waals surface area contributed by atoms with Gasteiger partial charge in [-0.1, -0.05) is 29.8 Å². The summed E-state index contributed by atoms with van der Waals surface area (Å²) >= 11 is 0. The third-order valence-corrected chi connectivity index (χ3v) is 3.01. The zero-order valence-corrected chi connectivity index (χ0v) is 11.3. The Balaban J connectivity index is 1.93. The molecule has 0 spiro atoms. The standard InChI is InChI=1S/C17H16FNO/c1-13-3-2-4-14(11-13)5-8-17(12-19)20-16-9-6-15(18)7-10-16/h2-4,6-7,9-11,17H,5,8H2,1H3. The van der Waals surface area contributed by atoms with E-state index in [1.54, 1.807) is 0 Å². The topological polar surface area (TPSA) is 33.0 Å². The number of benzene rings is 2. The maximum atomic E-state index is 12.8. The van der Waals surface area contributed by atoms with Crippen LogP contribution in [0, 0.1) is 24.1 Å². The molecule has 1 atom stereocenters. The van der Waals surface area contributed by atoms with Gasteiger partial charge in [0.1, 0.15) is 17.6 Å². The Bertz CT molecular complexity index is 601. The molecule has 20 heavy (non-hydrogen) atoms. The van der Waals surface area contributed by atoms with Crippen LogP contribution in [0.4, 0.5) is 4.39 Å². The van der Waals surface area contributed by atoms with Crippen molar-refractivity contribution in [2.75, 3.05) is 0 Å². The summed E-state index contributed by atoms with van der Waals surface area (Å²) in [4.78, 5) is 0. The molecule has 0 bridgehead atoms. The lowest BCUT2D eigenvalue weighted by Crippen LogP contribution is -2.15. The molecule has 0 saturated carbocycles. The van der Waals surface area contributed by atoms with Crippen molar-refractivity contribution in [2.45, 2.75) is 25.9 Å². The molecule has 0 aromatic heterocycles. The summed E-state index contributed by atoms with van der Waals surface area (Å²) in [7, 11) is 0. The lowest BCUT2D eigenvalue weighted by Gasteiger charge is -2.12. The molecule has 0 radical (unpaired) electrons. The molecule has 0 fully saturated rings. The second-order valence-electron chi connectivity index (χ2n) is 4.72. The fraction of sp³-hybridized carbons (Fsp3) is 0.235. The first-order valence-corrected chi connectivity index (χ1v) is 6.55. The van der Waals surface area contributed by atoms with Gasteiger partial charge in [-0.2, -0.15) is 5.26 Å². The summed E-state index contributed by atoms with van der Waals surface area (Å²) in [6.45, 7) is 2.04. The number of halogens is 1. The van der Waals surface area contributed by atoms with Crippen molar-refractivity contribution in [2.24, 2.45) is 0 Å². The Morgan fingerprint density at radius 1 is 1.20 bits per heavy atom. The zero-order chi connectivity index (χ0) is 14.4. The molecule has 0 heterocycles. The molecule has 3 heteroatoms. The van der Waals surface area contributed by atoms with E-state index in [1.807, 2.05) is 25.1 Å². The second-order valence-corrected chi connectivity index (χ2v) is 4.72. The van der Waals surface area contributed by atoms with Crippen LogP contribution in [0.2, 0.25) is 0 Å². The number of nitrogens with zero attached hydrogens (tertiary/aromatic N) is 1. The van der Waals surface area contributed by atoms with Crippen LogP contribution in [0.5, 0.6) is 5.75 Å². The van der Waals surface area contributed by atoms with Crippen molar-refractivity contribution < 1.29 is 9.13 Å². The van der Waals surface area contributed by atoms with E-state index in [2.05, 4.69) is 12.1 Å². The maximum absolute atomic E-state index is 12.8. The molecule has 0 saturated heterocycles. The molecule has 2 rings (SSSR count). The van der Waals surface area contributed by atoms with Gasteiger partial charge in [0.25, 0.3) is 0 Å². The molecule has 2 aromatic carbocycles. The number of ether oxygens (including phenoxy) is 1. The average molecular weight is 269 g/mol. The van der Waals surface area contributed by atoms with Crippen molar-refractivity contribution in [1.29, 1.82) is 5.26 Å². The Labute approximate surface area is 118 Å². The highest BCUT2D eigenvalue weighted by Crippen LogP contribution is 2.16. The van der Waals surface area contributed by atoms with E-state index in [9.17, 15) is 4.39 Å². The maximum Gasteiger partial charge on any atom is 0.184 e. The zero-order valence-electron chi connectivity index (χ0n) is 11.3. The van der Waals surface area contributed by atoms with Crippen LogP contribution >= 0.6 is 0 Å². The summed E-state index contributed by atoms with van der Waals surface area (Å²) in [5.41, 5.74) is 2.39. The van der Waals surface area contributed by atoms with Gasteiger partial charge in [-0.25, -0.2) is 4.39 Å². The van der Waals surface area contributed by atoms with Crippen molar-refractivity contribution in [1.82, 2.24) is 0 Å².